The van der Waals surface area contributed by atoms with Gasteiger partial charge in [0.25, 0.3) is 0 Å². The van der Waals surface area contributed by atoms with Crippen molar-refractivity contribution in [1.82, 2.24) is 4.98 Å². The Bertz CT molecular complexity index is 339. The van der Waals surface area contributed by atoms with E-state index in [4.69, 9.17) is 0 Å². The summed E-state index contributed by atoms with van der Waals surface area (Å²) < 4.78 is 0. The number of H-pyrrole nitrogens is 1. The van der Waals surface area contributed by atoms with Gasteiger partial charge in [-0.05, 0) is 25.2 Å². The summed E-state index contributed by atoms with van der Waals surface area (Å²) in [6, 6.07) is 1.34. The normalized spacial score (nSPS) is 16.3. The van der Waals surface area contributed by atoms with Crippen molar-refractivity contribution in [1.29, 1.82) is 0 Å². The highest BCUT2D eigenvalue weighted by Crippen LogP contribution is 2.33. The van der Waals surface area contributed by atoms with E-state index < -0.39 is 0 Å². The molecule has 0 aliphatic heterocycles. The van der Waals surface area contributed by atoms with Crippen LogP contribution in [0.25, 0.3) is 0 Å². The number of pyridine rings is 1. The highest BCUT2D eigenvalue weighted by molar-refractivity contribution is 5.25. The van der Waals surface area contributed by atoms with E-state index in [0.29, 0.717) is 11.6 Å². The van der Waals surface area contributed by atoms with Gasteiger partial charge in [-0.2, -0.15) is 0 Å². The summed E-state index contributed by atoms with van der Waals surface area (Å²) in [5.41, 5.74) is 0.398. The lowest BCUT2D eigenvalue weighted by Crippen LogP contribution is -2.04. The lowest BCUT2D eigenvalue weighted by atomic mass is 10.2. The quantitative estimate of drug-likeness (QED) is 0.687. The molecule has 1 fully saturated rings. The van der Waals surface area contributed by atoms with E-state index in [0.717, 1.165) is 6.42 Å². The van der Waals surface area contributed by atoms with E-state index in [-0.39, 0.29) is 11.2 Å². The molecule has 0 spiro atoms. The summed E-state index contributed by atoms with van der Waals surface area (Å²) in [5, 5.41) is 9.33. The van der Waals surface area contributed by atoms with Crippen LogP contribution in [0.5, 0.6) is 5.75 Å². The number of hydrogen-bond acceptors (Lipinski definition) is 2. The smallest absolute Gasteiger partial charge is 0.223 e. The first-order valence-electron chi connectivity index (χ1n) is 4.17. The molecule has 0 atom stereocenters. The predicted molar refractivity (Wildman–Crippen MR) is 45.2 cm³/mol. The van der Waals surface area contributed by atoms with E-state index in [1.54, 1.807) is 6.20 Å². The van der Waals surface area contributed by atoms with E-state index in [1.807, 2.05) is 0 Å². The monoisotopic (exact) mass is 165 g/mol. The standard InChI is InChI=1S/C9H11NO2/c11-8-3-4-10-7(9(8)12)5-6-1-2-6/h3-4,6,12H,1-2,5H2,(H,10,11). The van der Waals surface area contributed by atoms with Crippen molar-refractivity contribution in [2.24, 2.45) is 5.92 Å². The second-order valence-electron chi connectivity index (χ2n) is 3.32. The first kappa shape index (κ1) is 7.40. The van der Waals surface area contributed by atoms with Crippen molar-refractivity contribution in [3.05, 3.63) is 28.2 Å². The molecular weight excluding hydrogens is 154 g/mol. The fraction of sp³-hybridized carbons (Fsp3) is 0.444. The molecule has 0 bridgehead atoms. The number of rotatable bonds is 2. The van der Waals surface area contributed by atoms with Gasteiger partial charge in [-0.1, -0.05) is 0 Å². The third-order valence-corrected chi connectivity index (χ3v) is 2.20. The summed E-state index contributed by atoms with van der Waals surface area (Å²) in [7, 11) is 0. The van der Waals surface area contributed by atoms with Gasteiger partial charge >= 0.3 is 0 Å². The summed E-state index contributed by atoms with van der Waals surface area (Å²) >= 11 is 0. The highest BCUT2D eigenvalue weighted by Gasteiger charge is 2.23. The van der Waals surface area contributed by atoms with Crippen molar-refractivity contribution in [2.75, 3.05) is 0 Å². The molecule has 0 radical (unpaired) electrons. The molecule has 1 aliphatic carbocycles. The topological polar surface area (TPSA) is 53.1 Å². The fourth-order valence-corrected chi connectivity index (χ4v) is 1.28. The van der Waals surface area contributed by atoms with Gasteiger partial charge in [-0.3, -0.25) is 4.79 Å². The molecule has 1 heterocycles. The van der Waals surface area contributed by atoms with Gasteiger partial charge in [0, 0.05) is 12.3 Å². The summed E-state index contributed by atoms with van der Waals surface area (Å²) in [5.74, 6) is 0.568. The Hall–Kier alpha value is -1.25. The second-order valence-corrected chi connectivity index (χ2v) is 3.32. The van der Waals surface area contributed by atoms with Crippen molar-refractivity contribution in [3.63, 3.8) is 0 Å². The number of aromatic amines is 1. The Morgan fingerprint density at radius 3 is 3.00 bits per heavy atom. The third-order valence-electron chi connectivity index (χ3n) is 2.20. The maximum atomic E-state index is 11.0. The molecule has 1 aromatic rings. The van der Waals surface area contributed by atoms with Gasteiger partial charge < -0.3 is 10.1 Å². The van der Waals surface area contributed by atoms with Crippen molar-refractivity contribution < 1.29 is 5.11 Å². The van der Waals surface area contributed by atoms with Crippen LogP contribution in [-0.2, 0) is 6.42 Å². The Balaban J connectivity index is 2.29. The Morgan fingerprint density at radius 2 is 2.33 bits per heavy atom. The Labute approximate surface area is 70.1 Å². The largest absolute Gasteiger partial charge is 0.503 e. The van der Waals surface area contributed by atoms with Crippen LogP contribution in [0.3, 0.4) is 0 Å². The van der Waals surface area contributed by atoms with E-state index in [9.17, 15) is 9.90 Å². The zero-order valence-electron chi connectivity index (χ0n) is 6.71. The molecular formula is C9H11NO2. The summed E-state index contributed by atoms with van der Waals surface area (Å²) in [6.45, 7) is 0. The second kappa shape index (κ2) is 2.66. The first-order valence-corrected chi connectivity index (χ1v) is 4.17. The van der Waals surface area contributed by atoms with Gasteiger partial charge in [0.2, 0.25) is 5.43 Å². The minimum absolute atomic E-state index is 0.107. The molecule has 2 N–H and O–H groups in total. The molecule has 64 valence electrons. The molecule has 3 nitrogen and oxygen atoms in total. The molecule has 12 heavy (non-hydrogen) atoms. The molecule has 1 aliphatic rings. The van der Waals surface area contributed by atoms with Crippen molar-refractivity contribution in [2.45, 2.75) is 19.3 Å². The average molecular weight is 165 g/mol. The fourth-order valence-electron chi connectivity index (χ4n) is 1.28. The van der Waals surface area contributed by atoms with Crippen LogP contribution < -0.4 is 5.43 Å². The molecule has 0 unspecified atom stereocenters. The van der Waals surface area contributed by atoms with Crippen LogP contribution in [0.2, 0.25) is 0 Å². The van der Waals surface area contributed by atoms with E-state index in [1.165, 1.54) is 18.9 Å². The minimum Gasteiger partial charge on any atom is -0.503 e. The molecule has 3 heteroatoms. The zero-order chi connectivity index (χ0) is 8.55. The van der Waals surface area contributed by atoms with Crippen LogP contribution in [0.4, 0.5) is 0 Å². The molecule has 2 rings (SSSR count). The molecule has 0 aromatic carbocycles. The SMILES string of the molecule is O=c1cc[nH]c(CC2CC2)c1O. The number of nitrogens with one attached hydrogen (secondary N) is 1. The van der Waals surface area contributed by atoms with Gasteiger partial charge in [0.05, 0.1) is 5.69 Å². The van der Waals surface area contributed by atoms with E-state index >= 15 is 0 Å². The van der Waals surface area contributed by atoms with Gasteiger partial charge in [-0.15, -0.1) is 0 Å². The van der Waals surface area contributed by atoms with Gasteiger partial charge in [-0.25, -0.2) is 0 Å². The number of aromatic nitrogens is 1. The number of hydrogen-bond donors (Lipinski definition) is 2. The lowest BCUT2D eigenvalue weighted by molar-refractivity contribution is 0.456. The molecule has 0 amide bonds. The van der Waals surface area contributed by atoms with Crippen molar-refractivity contribution >= 4 is 0 Å². The predicted octanol–water partition coefficient (Wildman–Crippen LogP) is 1.03. The molecule has 0 saturated heterocycles. The average Bonchev–Trinajstić information content (AvgIpc) is 2.83. The number of aromatic hydroxyl groups is 1. The summed E-state index contributed by atoms with van der Waals surface area (Å²) in [6.07, 6.45) is 4.83. The van der Waals surface area contributed by atoms with Crippen LogP contribution >= 0.6 is 0 Å². The Morgan fingerprint density at radius 1 is 1.58 bits per heavy atom. The van der Waals surface area contributed by atoms with Gasteiger partial charge in [0.1, 0.15) is 0 Å². The van der Waals surface area contributed by atoms with Crippen LogP contribution in [0.1, 0.15) is 18.5 Å². The maximum Gasteiger partial charge on any atom is 0.223 e. The minimum atomic E-state index is -0.288. The van der Waals surface area contributed by atoms with Crippen LogP contribution in [0, 0.1) is 5.92 Å². The molecule has 1 saturated carbocycles. The van der Waals surface area contributed by atoms with Crippen LogP contribution in [0.15, 0.2) is 17.1 Å². The third kappa shape index (κ3) is 1.35. The molecule has 1 aromatic heterocycles. The van der Waals surface area contributed by atoms with Crippen LogP contribution in [-0.4, -0.2) is 10.1 Å². The lowest BCUT2D eigenvalue weighted by Gasteiger charge is -2.00. The van der Waals surface area contributed by atoms with Gasteiger partial charge in [0.15, 0.2) is 5.75 Å². The summed E-state index contributed by atoms with van der Waals surface area (Å²) in [4.78, 5) is 13.9. The Kier molecular flexibility index (Phi) is 1.64. The maximum absolute atomic E-state index is 11.0. The van der Waals surface area contributed by atoms with E-state index in [2.05, 4.69) is 4.98 Å². The zero-order valence-corrected chi connectivity index (χ0v) is 6.71. The highest BCUT2D eigenvalue weighted by atomic mass is 16.3. The van der Waals surface area contributed by atoms with Crippen molar-refractivity contribution in [3.8, 4) is 5.75 Å². The first-order chi connectivity index (χ1) is 5.77.